The Morgan fingerprint density at radius 1 is 1.16 bits per heavy atom. The van der Waals surface area contributed by atoms with Gasteiger partial charge in [0.05, 0.1) is 6.26 Å². The number of rotatable bonds is 3. The van der Waals surface area contributed by atoms with Gasteiger partial charge in [-0.3, -0.25) is 9.52 Å². The topological polar surface area (TPSA) is 79.0 Å². The van der Waals surface area contributed by atoms with Crippen molar-refractivity contribution in [1.82, 2.24) is 4.98 Å². The fourth-order valence-corrected chi connectivity index (χ4v) is 2.41. The van der Waals surface area contributed by atoms with Crippen LogP contribution in [0.2, 0.25) is 0 Å². The summed E-state index contributed by atoms with van der Waals surface area (Å²) >= 11 is 0. The summed E-state index contributed by atoms with van der Waals surface area (Å²) in [5.74, 6) is 0. The van der Waals surface area contributed by atoms with Crippen LogP contribution in [0, 0.1) is 6.92 Å². The van der Waals surface area contributed by atoms with Crippen molar-refractivity contribution in [3.8, 4) is 11.1 Å². The van der Waals surface area contributed by atoms with E-state index in [2.05, 4.69) is 9.71 Å². The van der Waals surface area contributed by atoms with Crippen molar-refractivity contribution in [2.75, 3.05) is 11.0 Å². The first-order valence-electron chi connectivity index (χ1n) is 5.63. The van der Waals surface area contributed by atoms with Crippen LogP contribution in [0.4, 0.5) is 5.69 Å². The van der Waals surface area contributed by atoms with E-state index in [9.17, 15) is 13.2 Å². The highest BCUT2D eigenvalue weighted by Gasteiger charge is 2.06. The van der Waals surface area contributed by atoms with Gasteiger partial charge in [-0.2, -0.15) is 0 Å². The summed E-state index contributed by atoms with van der Waals surface area (Å²) in [6, 6.07) is 10.2. The van der Waals surface area contributed by atoms with Crippen molar-refractivity contribution < 1.29 is 8.42 Å². The van der Waals surface area contributed by atoms with Gasteiger partial charge in [0, 0.05) is 23.0 Å². The lowest BCUT2D eigenvalue weighted by molar-refractivity contribution is 0.607. The molecule has 0 unspecified atom stereocenters. The number of H-pyrrole nitrogens is 1. The van der Waals surface area contributed by atoms with Gasteiger partial charge in [-0.05, 0) is 30.7 Å². The Morgan fingerprint density at radius 2 is 1.89 bits per heavy atom. The Bertz CT molecular complexity index is 763. The summed E-state index contributed by atoms with van der Waals surface area (Å²) in [6.07, 6.45) is 1.10. The number of pyridine rings is 1. The Kier molecular flexibility index (Phi) is 3.44. The Morgan fingerprint density at radius 3 is 2.53 bits per heavy atom. The summed E-state index contributed by atoms with van der Waals surface area (Å²) in [4.78, 5) is 13.9. The number of aryl methyl sites for hydroxylation is 1. The number of aromatic nitrogens is 1. The van der Waals surface area contributed by atoms with Crippen LogP contribution in [-0.4, -0.2) is 19.7 Å². The molecular weight excluding hydrogens is 264 g/mol. The third kappa shape index (κ3) is 3.45. The number of aromatic amines is 1. The van der Waals surface area contributed by atoms with E-state index >= 15 is 0 Å². The van der Waals surface area contributed by atoms with Gasteiger partial charge >= 0.3 is 0 Å². The van der Waals surface area contributed by atoms with Gasteiger partial charge in [0.1, 0.15) is 0 Å². The molecule has 0 bridgehead atoms. The van der Waals surface area contributed by atoms with Gasteiger partial charge in [-0.1, -0.05) is 12.1 Å². The molecule has 19 heavy (non-hydrogen) atoms. The van der Waals surface area contributed by atoms with Crippen molar-refractivity contribution in [1.29, 1.82) is 0 Å². The Labute approximate surface area is 111 Å². The first-order chi connectivity index (χ1) is 8.85. The van der Waals surface area contributed by atoms with Crippen LogP contribution in [0.15, 0.2) is 41.2 Å². The normalized spacial score (nSPS) is 11.3. The molecule has 100 valence electrons. The van der Waals surface area contributed by atoms with Gasteiger partial charge in [0.15, 0.2) is 0 Å². The van der Waals surface area contributed by atoms with E-state index in [1.807, 2.05) is 6.07 Å². The average Bonchev–Trinajstić information content (AvgIpc) is 2.26. The maximum absolute atomic E-state index is 11.2. The van der Waals surface area contributed by atoms with E-state index in [-0.39, 0.29) is 5.56 Å². The van der Waals surface area contributed by atoms with Crippen molar-refractivity contribution in [3.63, 3.8) is 0 Å². The highest BCUT2D eigenvalue weighted by molar-refractivity contribution is 7.92. The van der Waals surface area contributed by atoms with E-state index in [4.69, 9.17) is 0 Å². The fraction of sp³-hybridized carbons (Fsp3) is 0.154. The van der Waals surface area contributed by atoms with Crippen molar-refractivity contribution in [3.05, 3.63) is 52.4 Å². The minimum absolute atomic E-state index is 0.160. The molecule has 0 radical (unpaired) electrons. The van der Waals surface area contributed by atoms with Crippen molar-refractivity contribution >= 4 is 15.7 Å². The second-order valence-corrected chi connectivity index (χ2v) is 6.06. The van der Waals surface area contributed by atoms with Gasteiger partial charge in [-0.15, -0.1) is 0 Å². The summed E-state index contributed by atoms with van der Waals surface area (Å²) in [5.41, 5.74) is 2.76. The zero-order valence-corrected chi connectivity index (χ0v) is 11.4. The van der Waals surface area contributed by atoms with Crippen LogP contribution in [0.25, 0.3) is 11.1 Å². The lowest BCUT2D eigenvalue weighted by atomic mass is 10.0. The molecular formula is C13H14N2O3S. The third-order valence-corrected chi connectivity index (χ3v) is 3.20. The average molecular weight is 278 g/mol. The standard InChI is InChI=1S/C13H14N2O3S/c1-9-12(6-7-13(16)14-9)10-4-3-5-11(8-10)15-19(2,17)18/h3-8,15H,1-2H3,(H,14,16). The molecule has 0 fully saturated rings. The molecule has 0 aliphatic heterocycles. The second kappa shape index (κ2) is 4.89. The Balaban J connectivity index is 2.46. The quantitative estimate of drug-likeness (QED) is 0.897. The first-order valence-corrected chi connectivity index (χ1v) is 7.52. The lowest BCUT2D eigenvalue weighted by Crippen LogP contribution is -2.09. The molecule has 1 aromatic carbocycles. The van der Waals surface area contributed by atoms with Gasteiger partial charge in [-0.25, -0.2) is 8.42 Å². The smallest absolute Gasteiger partial charge is 0.248 e. The monoisotopic (exact) mass is 278 g/mol. The second-order valence-electron chi connectivity index (χ2n) is 4.32. The van der Waals surface area contributed by atoms with Gasteiger partial charge in [0.25, 0.3) is 0 Å². The molecule has 2 aromatic rings. The largest absolute Gasteiger partial charge is 0.326 e. The number of nitrogens with one attached hydrogen (secondary N) is 2. The highest BCUT2D eigenvalue weighted by Crippen LogP contribution is 2.24. The predicted molar refractivity (Wildman–Crippen MR) is 75.7 cm³/mol. The van der Waals surface area contributed by atoms with Crippen LogP contribution in [0.5, 0.6) is 0 Å². The number of sulfonamides is 1. The molecule has 1 aromatic heterocycles. The molecule has 6 heteroatoms. The zero-order valence-electron chi connectivity index (χ0n) is 10.6. The Hall–Kier alpha value is -2.08. The van der Waals surface area contributed by atoms with E-state index in [1.165, 1.54) is 6.07 Å². The molecule has 0 amide bonds. The summed E-state index contributed by atoms with van der Waals surface area (Å²) in [7, 11) is -3.30. The van der Waals surface area contributed by atoms with E-state index in [1.54, 1.807) is 31.2 Å². The van der Waals surface area contributed by atoms with E-state index < -0.39 is 10.0 Å². The fourth-order valence-electron chi connectivity index (χ4n) is 1.85. The lowest BCUT2D eigenvalue weighted by Gasteiger charge is -2.08. The van der Waals surface area contributed by atoms with Crippen LogP contribution in [0.1, 0.15) is 5.69 Å². The van der Waals surface area contributed by atoms with Crippen LogP contribution < -0.4 is 10.3 Å². The predicted octanol–water partition coefficient (Wildman–Crippen LogP) is 1.72. The SMILES string of the molecule is Cc1[nH]c(=O)ccc1-c1cccc(NS(C)(=O)=O)c1. The summed E-state index contributed by atoms with van der Waals surface area (Å²) < 4.78 is 24.8. The van der Waals surface area contributed by atoms with Gasteiger partial charge in [0.2, 0.25) is 15.6 Å². The van der Waals surface area contributed by atoms with Crippen LogP contribution in [-0.2, 0) is 10.0 Å². The molecule has 0 aliphatic rings. The number of anilines is 1. The number of hydrogen-bond donors (Lipinski definition) is 2. The minimum atomic E-state index is -3.30. The van der Waals surface area contributed by atoms with Crippen molar-refractivity contribution in [2.45, 2.75) is 6.92 Å². The number of benzene rings is 1. The molecule has 0 spiro atoms. The molecule has 1 heterocycles. The summed E-state index contributed by atoms with van der Waals surface area (Å²) in [5, 5.41) is 0. The molecule has 0 atom stereocenters. The van der Waals surface area contributed by atoms with Gasteiger partial charge < -0.3 is 4.98 Å². The first kappa shape index (κ1) is 13.4. The number of hydrogen-bond acceptors (Lipinski definition) is 3. The maximum atomic E-state index is 11.2. The zero-order chi connectivity index (χ0) is 14.0. The molecule has 0 saturated heterocycles. The van der Waals surface area contributed by atoms with E-state index in [0.29, 0.717) is 5.69 Å². The highest BCUT2D eigenvalue weighted by atomic mass is 32.2. The minimum Gasteiger partial charge on any atom is -0.326 e. The summed E-state index contributed by atoms with van der Waals surface area (Å²) in [6.45, 7) is 1.80. The molecule has 0 saturated carbocycles. The van der Waals surface area contributed by atoms with Crippen LogP contribution in [0.3, 0.4) is 0 Å². The maximum Gasteiger partial charge on any atom is 0.248 e. The molecule has 5 nitrogen and oxygen atoms in total. The van der Waals surface area contributed by atoms with E-state index in [0.717, 1.165) is 23.1 Å². The molecule has 0 aliphatic carbocycles. The third-order valence-electron chi connectivity index (χ3n) is 2.59. The molecule has 2 rings (SSSR count). The van der Waals surface area contributed by atoms with Crippen LogP contribution >= 0.6 is 0 Å². The van der Waals surface area contributed by atoms with Crippen molar-refractivity contribution in [2.24, 2.45) is 0 Å². The molecule has 2 N–H and O–H groups in total.